The highest BCUT2D eigenvalue weighted by Crippen LogP contribution is 2.20. The van der Waals surface area contributed by atoms with E-state index in [4.69, 9.17) is 0 Å². The van der Waals surface area contributed by atoms with Crippen molar-refractivity contribution in [1.82, 2.24) is 4.90 Å². The average Bonchev–Trinajstić information content (AvgIpc) is 2.41. The van der Waals surface area contributed by atoms with Crippen molar-refractivity contribution < 1.29 is 9.59 Å². The van der Waals surface area contributed by atoms with E-state index in [1.165, 1.54) is 4.90 Å². The van der Waals surface area contributed by atoms with E-state index in [1.807, 2.05) is 39.0 Å². The predicted molar refractivity (Wildman–Crippen MR) is 89.2 cm³/mol. The van der Waals surface area contributed by atoms with Crippen LogP contribution in [0.2, 0.25) is 0 Å². The standard InChI is InChI=1S/C16H23BrN2O2/c1-5-6-11(2)16(21)19(4)10-15(20)18-14-8-7-13(17)9-12(14)3/h7-9,11H,5-6,10H2,1-4H3,(H,18,20). The Hall–Kier alpha value is -1.36. The molecule has 21 heavy (non-hydrogen) atoms. The highest BCUT2D eigenvalue weighted by molar-refractivity contribution is 9.10. The molecule has 0 aliphatic carbocycles. The summed E-state index contributed by atoms with van der Waals surface area (Å²) >= 11 is 3.39. The Morgan fingerprint density at radius 3 is 2.62 bits per heavy atom. The van der Waals surface area contributed by atoms with Crippen molar-refractivity contribution in [3.05, 3.63) is 28.2 Å². The number of carbonyl (C=O) groups is 2. The molecule has 0 radical (unpaired) electrons. The van der Waals surface area contributed by atoms with Gasteiger partial charge in [0, 0.05) is 23.1 Å². The first-order valence-corrected chi connectivity index (χ1v) is 7.95. The molecule has 1 aromatic rings. The second-order valence-electron chi connectivity index (χ2n) is 5.39. The Bertz CT molecular complexity index is 517. The van der Waals surface area contributed by atoms with Gasteiger partial charge in [-0.15, -0.1) is 0 Å². The molecule has 4 nitrogen and oxygen atoms in total. The molecule has 0 aromatic heterocycles. The SMILES string of the molecule is CCCC(C)C(=O)N(C)CC(=O)Nc1ccc(Br)cc1C. The number of halogens is 1. The Morgan fingerprint density at radius 1 is 1.38 bits per heavy atom. The molecule has 116 valence electrons. The molecule has 0 bridgehead atoms. The Balaban J connectivity index is 2.58. The molecule has 1 atom stereocenters. The van der Waals surface area contributed by atoms with Crippen molar-refractivity contribution in [2.24, 2.45) is 5.92 Å². The zero-order chi connectivity index (χ0) is 16.0. The monoisotopic (exact) mass is 354 g/mol. The van der Waals surface area contributed by atoms with E-state index < -0.39 is 0 Å². The van der Waals surface area contributed by atoms with Crippen LogP contribution in [0.15, 0.2) is 22.7 Å². The fourth-order valence-corrected chi connectivity index (χ4v) is 2.66. The number of carbonyl (C=O) groups excluding carboxylic acids is 2. The summed E-state index contributed by atoms with van der Waals surface area (Å²) in [5.41, 5.74) is 1.75. The number of benzene rings is 1. The molecule has 0 saturated heterocycles. The lowest BCUT2D eigenvalue weighted by Crippen LogP contribution is -2.37. The minimum atomic E-state index is -0.181. The van der Waals surface area contributed by atoms with E-state index in [0.717, 1.165) is 28.6 Å². The Kier molecular flexibility index (Phi) is 6.89. The van der Waals surface area contributed by atoms with Gasteiger partial charge in [0.1, 0.15) is 0 Å². The molecule has 1 aromatic carbocycles. The lowest BCUT2D eigenvalue weighted by Gasteiger charge is -2.21. The van der Waals surface area contributed by atoms with Crippen molar-refractivity contribution in [2.75, 3.05) is 18.9 Å². The van der Waals surface area contributed by atoms with E-state index in [9.17, 15) is 9.59 Å². The first-order valence-electron chi connectivity index (χ1n) is 7.16. The minimum Gasteiger partial charge on any atom is -0.336 e. The molecular formula is C16H23BrN2O2. The molecule has 0 fully saturated rings. The number of rotatable bonds is 6. The number of hydrogen-bond donors (Lipinski definition) is 1. The molecule has 5 heteroatoms. The molecule has 0 heterocycles. The topological polar surface area (TPSA) is 49.4 Å². The number of amides is 2. The van der Waals surface area contributed by atoms with Gasteiger partial charge in [-0.25, -0.2) is 0 Å². The molecule has 1 unspecified atom stereocenters. The van der Waals surface area contributed by atoms with Crippen molar-refractivity contribution in [1.29, 1.82) is 0 Å². The van der Waals surface area contributed by atoms with Crippen LogP contribution in [0, 0.1) is 12.8 Å². The second kappa shape index (κ2) is 8.17. The molecule has 0 aliphatic heterocycles. The summed E-state index contributed by atoms with van der Waals surface area (Å²) in [5, 5.41) is 2.84. The summed E-state index contributed by atoms with van der Waals surface area (Å²) in [6.07, 6.45) is 1.81. The molecule has 2 amide bonds. The third kappa shape index (κ3) is 5.50. The van der Waals surface area contributed by atoms with Gasteiger partial charge in [0.25, 0.3) is 0 Å². The van der Waals surface area contributed by atoms with Crippen LogP contribution >= 0.6 is 15.9 Å². The summed E-state index contributed by atoms with van der Waals surface area (Å²) in [4.78, 5) is 25.6. The lowest BCUT2D eigenvalue weighted by atomic mass is 10.1. The van der Waals surface area contributed by atoms with Gasteiger partial charge < -0.3 is 10.2 Å². The van der Waals surface area contributed by atoms with Gasteiger partial charge in [0.15, 0.2) is 0 Å². The molecule has 1 rings (SSSR count). The Labute approximate surface area is 135 Å². The third-order valence-electron chi connectivity index (χ3n) is 3.36. The second-order valence-corrected chi connectivity index (χ2v) is 6.31. The highest BCUT2D eigenvalue weighted by atomic mass is 79.9. The molecule has 0 aliphatic rings. The van der Waals surface area contributed by atoms with Crippen molar-refractivity contribution in [3.8, 4) is 0 Å². The first kappa shape index (κ1) is 17.7. The fraction of sp³-hybridized carbons (Fsp3) is 0.500. The van der Waals surface area contributed by atoms with Gasteiger partial charge in [-0.05, 0) is 37.1 Å². The summed E-state index contributed by atoms with van der Waals surface area (Å²) in [6, 6.07) is 5.66. The Morgan fingerprint density at radius 2 is 2.05 bits per heavy atom. The normalized spacial score (nSPS) is 11.9. The quantitative estimate of drug-likeness (QED) is 0.848. The van der Waals surface area contributed by atoms with E-state index >= 15 is 0 Å². The van der Waals surface area contributed by atoms with E-state index in [-0.39, 0.29) is 24.3 Å². The van der Waals surface area contributed by atoms with Crippen molar-refractivity contribution >= 4 is 33.4 Å². The van der Waals surface area contributed by atoms with Crippen LogP contribution in [0.3, 0.4) is 0 Å². The zero-order valence-electron chi connectivity index (χ0n) is 13.1. The maximum Gasteiger partial charge on any atom is 0.243 e. The number of likely N-dealkylation sites (N-methyl/N-ethyl adjacent to an activating group) is 1. The van der Waals surface area contributed by atoms with Crippen LogP contribution in [-0.2, 0) is 9.59 Å². The smallest absolute Gasteiger partial charge is 0.243 e. The highest BCUT2D eigenvalue weighted by Gasteiger charge is 2.18. The minimum absolute atomic E-state index is 0.0135. The molecule has 0 saturated carbocycles. The van der Waals surface area contributed by atoms with Crippen molar-refractivity contribution in [3.63, 3.8) is 0 Å². The number of anilines is 1. The van der Waals surface area contributed by atoms with Gasteiger partial charge in [-0.2, -0.15) is 0 Å². The summed E-state index contributed by atoms with van der Waals surface area (Å²) in [7, 11) is 1.67. The fourth-order valence-electron chi connectivity index (χ4n) is 2.18. The van der Waals surface area contributed by atoms with E-state index in [1.54, 1.807) is 7.05 Å². The van der Waals surface area contributed by atoms with E-state index in [2.05, 4.69) is 21.2 Å². The maximum atomic E-state index is 12.1. The van der Waals surface area contributed by atoms with E-state index in [0.29, 0.717) is 0 Å². The van der Waals surface area contributed by atoms with Crippen LogP contribution in [0.1, 0.15) is 32.3 Å². The number of nitrogens with zero attached hydrogens (tertiary/aromatic N) is 1. The average molecular weight is 355 g/mol. The summed E-state index contributed by atoms with van der Waals surface area (Å²) < 4.78 is 0.971. The number of aryl methyl sites for hydroxylation is 1. The molecule has 1 N–H and O–H groups in total. The first-order chi connectivity index (χ1) is 9.85. The number of hydrogen-bond acceptors (Lipinski definition) is 2. The third-order valence-corrected chi connectivity index (χ3v) is 3.86. The lowest BCUT2D eigenvalue weighted by molar-refractivity contribution is -0.136. The van der Waals surface area contributed by atoms with Crippen LogP contribution in [0.5, 0.6) is 0 Å². The van der Waals surface area contributed by atoms with Crippen LogP contribution in [0.4, 0.5) is 5.69 Å². The largest absolute Gasteiger partial charge is 0.336 e. The zero-order valence-corrected chi connectivity index (χ0v) is 14.7. The maximum absolute atomic E-state index is 12.1. The van der Waals surface area contributed by atoms with Gasteiger partial charge in [-0.3, -0.25) is 9.59 Å². The van der Waals surface area contributed by atoms with Crippen LogP contribution in [-0.4, -0.2) is 30.3 Å². The van der Waals surface area contributed by atoms with Gasteiger partial charge in [0.05, 0.1) is 6.54 Å². The number of nitrogens with one attached hydrogen (secondary N) is 1. The van der Waals surface area contributed by atoms with Gasteiger partial charge >= 0.3 is 0 Å². The summed E-state index contributed by atoms with van der Waals surface area (Å²) in [6.45, 7) is 5.95. The molecular weight excluding hydrogens is 332 g/mol. The van der Waals surface area contributed by atoms with Gasteiger partial charge in [-0.1, -0.05) is 36.2 Å². The summed E-state index contributed by atoms with van der Waals surface area (Å²) in [5.74, 6) is -0.207. The van der Waals surface area contributed by atoms with Crippen LogP contribution < -0.4 is 5.32 Å². The van der Waals surface area contributed by atoms with Crippen molar-refractivity contribution in [2.45, 2.75) is 33.6 Å². The van der Waals surface area contributed by atoms with Crippen LogP contribution in [0.25, 0.3) is 0 Å². The van der Waals surface area contributed by atoms with Gasteiger partial charge in [0.2, 0.25) is 11.8 Å². The predicted octanol–water partition coefficient (Wildman–Crippen LogP) is 3.59. The molecule has 0 spiro atoms.